The maximum atomic E-state index is 13.6. The van der Waals surface area contributed by atoms with Crippen molar-refractivity contribution >= 4 is 11.7 Å². The lowest BCUT2D eigenvalue weighted by molar-refractivity contribution is 0.175. The summed E-state index contributed by atoms with van der Waals surface area (Å²) in [4.78, 5) is 15.6. The minimum absolute atomic E-state index is 0.0490. The van der Waals surface area contributed by atoms with Gasteiger partial charge in [0.2, 0.25) is 0 Å². The lowest BCUT2D eigenvalue weighted by Gasteiger charge is -2.32. The Balaban J connectivity index is 1.52. The lowest BCUT2D eigenvalue weighted by Crippen LogP contribution is -2.42. The fraction of sp³-hybridized carbons (Fsp3) is 0.367. The standard InChI is InChI=1S/C30H35FN2O2/c1-21-17-22(2)29(23(3)18-21)32-30(34)33(26-10-6-4-5-7-11-26)20-24-13-15-27(16-14-24)35-28-12-8-9-25(31)19-28/h8-9,12-19,26H,4-7,10-11,20H2,1-3H3,(H,32,34). The van der Waals surface area contributed by atoms with Gasteiger partial charge in [-0.1, -0.05) is 61.6 Å². The molecule has 0 atom stereocenters. The summed E-state index contributed by atoms with van der Waals surface area (Å²) in [6.07, 6.45) is 6.82. The van der Waals surface area contributed by atoms with Crippen LogP contribution in [-0.2, 0) is 6.54 Å². The molecule has 4 rings (SSSR count). The fourth-order valence-corrected chi connectivity index (χ4v) is 5.02. The van der Waals surface area contributed by atoms with Crippen LogP contribution in [0.3, 0.4) is 0 Å². The number of hydrogen-bond donors (Lipinski definition) is 1. The number of ether oxygens (including phenoxy) is 1. The highest BCUT2D eigenvalue weighted by Gasteiger charge is 2.25. The van der Waals surface area contributed by atoms with Crippen LogP contribution in [0.4, 0.5) is 14.9 Å². The third kappa shape index (κ3) is 6.62. The Morgan fingerprint density at radius 1 is 0.914 bits per heavy atom. The van der Waals surface area contributed by atoms with Gasteiger partial charge in [-0.15, -0.1) is 0 Å². The summed E-state index contributed by atoms with van der Waals surface area (Å²) in [7, 11) is 0. The molecule has 0 aliphatic heterocycles. The Bertz CT molecular complexity index is 1130. The van der Waals surface area contributed by atoms with Crippen LogP contribution in [-0.4, -0.2) is 17.0 Å². The summed E-state index contributed by atoms with van der Waals surface area (Å²) in [5.41, 5.74) is 5.29. The van der Waals surface area contributed by atoms with Crippen LogP contribution in [0.5, 0.6) is 11.5 Å². The molecule has 1 N–H and O–H groups in total. The molecule has 4 nitrogen and oxygen atoms in total. The maximum absolute atomic E-state index is 13.6. The molecule has 1 aliphatic rings. The number of carbonyl (C=O) groups excluding carboxylic acids is 1. The van der Waals surface area contributed by atoms with E-state index in [0.717, 1.165) is 48.1 Å². The van der Waals surface area contributed by atoms with Gasteiger partial charge in [-0.25, -0.2) is 9.18 Å². The van der Waals surface area contributed by atoms with Crippen molar-refractivity contribution in [2.24, 2.45) is 0 Å². The average molecular weight is 475 g/mol. The van der Waals surface area contributed by atoms with E-state index >= 15 is 0 Å². The summed E-state index contributed by atoms with van der Waals surface area (Å²) in [5.74, 6) is 0.764. The zero-order valence-corrected chi connectivity index (χ0v) is 20.9. The van der Waals surface area contributed by atoms with E-state index < -0.39 is 0 Å². The monoisotopic (exact) mass is 474 g/mol. The first-order chi connectivity index (χ1) is 16.9. The molecule has 1 saturated carbocycles. The second-order valence-electron chi connectivity index (χ2n) is 9.68. The van der Waals surface area contributed by atoms with E-state index in [-0.39, 0.29) is 17.9 Å². The molecule has 3 aromatic rings. The third-order valence-corrected chi connectivity index (χ3v) is 6.74. The quantitative estimate of drug-likeness (QED) is 0.365. The van der Waals surface area contributed by atoms with E-state index in [9.17, 15) is 9.18 Å². The summed E-state index contributed by atoms with van der Waals surface area (Å²) < 4.78 is 19.2. The predicted octanol–water partition coefficient (Wildman–Crippen LogP) is 8.30. The van der Waals surface area contributed by atoms with Gasteiger partial charge in [-0.2, -0.15) is 0 Å². The average Bonchev–Trinajstić information content (AvgIpc) is 3.10. The van der Waals surface area contributed by atoms with Crippen molar-refractivity contribution < 1.29 is 13.9 Å². The van der Waals surface area contributed by atoms with E-state index in [1.54, 1.807) is 12.1 Å². The van der Waals surface area contributed by atoms with Crippen LogP contribution in [0.1, 0.15) is 60.8 Å². The number of halogens is 1. The van der Waals surface area contributed by atoms with Crippen molar-refractivity contribution in [2.75, 3.05) is 5.32 Å². The number of aryl methyl sites for hydroxylation is 3. The van der Waals surface area contributed by atoms with E-state index in [2.05, 4.69) is 24.4 Å². The van der Waals surface area contributed by atoms with Crippen molar-refractivity contribution in [1.82, 2.24) is 4.90 Å². The first kappa shape index (κ1) is 24.8. The van der Waals surface area contributed by atoms with Gasteiger partial charge >= 0.3 is 6.03 Å². The molecule has 3 aromatic carbocycles. The summed E-state index contributed by atoms with van der Waals surface area (Å²) >= 11 is 0. The number of nitrogens with zero attached hydrogens (tertiary/aromatic N) is 1. The normalized spacial score (nSPS) is 14.3. The fourth-order valence-electron chi connectivity index (χ4n) is 5.02. The molecule has 0 spiro atoms. The van der Waals surface area contributed by atoms with Gasteiger partial charge in [0.1, 0.15) is 17.3 Å². The SMILES string of the molecule is Cc1cc(C)c(NC(=O)N(Cc2ccc(Oc3cccc(F)c3)cc2)C2CCCCCC2)c(C)c1. The number of hydrogen-bond acceptors (Lipinski definition) is 2. The van der Waals surface area contributed by atoms with Crippen molar-refractivity contribution in [3.8, 4) is 11.5 Å². The maximum Gasteiger partial charge on any atom is 0.322 e. The predicted molar refractivity (Wildman–Crippen MR) is 140 cm³/mol. The summed E-state index contributed by atoms with van der Waals surface area (Å²) in [6, 6.07) is 18.2. The molecule has 0 saturated heterocycles. The summed E-state index contributed by atoms with van der Waals surface area (Å²) in [6.45, 7) is 6.69. The molecule has 1 fully saturated rings. The molecule has 0 heterocycles. The zero-order chi connectivity index (χ0) is 24.8. The third-order valence-electron chi connectivity index (χ3n) is 6.74. The van der Waals surface area contributed by atoms with Gasteiger partial charge in [0.15, 0.2) is 0 Å². The second-order valence-corrected chi connectivity index (χ2v) is 9.68. The van der Waals surface area contributed by atoms with Crippen molar-refractivity contribution in [1.29, 1.82) is 0 Å². The number of rotatable bonds is 6. The Morgan fingerprint density at radius 2 is 1.57 bits per heavy atom. The second kappa shape index (κ2) is 11.4. The number of amides is 2. The van der Waals surface area contributed by atoms with E-state index in [4.69, 9.17) is 4.74 Å². The highest BCUT2D eigenvalue weighted by molar-refractivity contribution is 5.91. The topological polar surface area (TPSA) is 41.6 Å². The largest absolute Gasteiger partial charge is 0.457 e. The molecule has 0 unspecified atom stereocenters. The van der Waals surface area contributed by atoms with E-state index in [1.165, 1.54) is 30.5 Å². The zero-order valence-electron chi connectivity index (χ0n) is 20.9. The van der Waals surface area contributed by atoms with Gasteiger partial charge < -0.3 is 15.0 Å². The van der Waals surface area contributed by atoms with Crippen LogP contribution >= 0.6 is 0 Å². The highest BCUT2D eigenvalue weighted by Crippen LogP contribution is 2.28. The van der Waals surface area contributed by atoms with Crippen LogP contribution in [0.25, 0.3) is 0 Å². The van der Waals surface area contributed by atoms with Gasteiger partial charge in [-0.05, 0) is 74.6 Å². The minimum atomic E-state index is -0.330. The first-order valence-corrected chi connectivity index (χ1v) is 12.6. The van der Waals surface area contributed by atoms with Gasteiger partial charge in [0.05, 0.1) is 0 Å². The smallest absolute Gasteiger partial charge is 0.322 e. The minimum Gasteiger partial charge on any atom is -0.457 e. The molecule has 0 radical (unpaired) electrons. The number of nitrogens with one attached hydrogen (secondary N) is 1. The Labute approximate surface area is 208 Å². The van der Waals surface area contributed by atoms with Crippen molar-refractivity contribution in [2.45, 2.75) is 71.9 Å². The molecule has 5 heteroatoms. The Kier molecular flexibility index (Phi) is 8.06. The molecule has 2 amide bonds. The molecular formula is C30H35FN2O2. The number of anilines is 1. The van der Waals surface area contributed by atoms with Gasteiger partial charge in [-0.3, -0.25) is 0 Å². The highest BCUT2D eigenvalue weighted by atomic mass is 19.1. The molecule has 0 aromatic heterocycles. The van der Waals surface area contributed by atoms with E-state index in [1.807, 2.05) is 43.0 Å². The van der Waals surface area contributed by atoms with Crippen LogP contribution in [0.2, 0.25) is 0 Å². The van der Waals surface area contributed by atoms with Gasteiger partial charge in [0.25, 0.3) is 0 Å². The number of urea groups is 1. The summed E-state index contributed by atoms with van der Waals surface area (Å²) in [5, 5.41) is 3.22. The Morgan fingerprint density at radius 3 is 2.20 bits per heavy atom. The van der Waals surface area contributed by atoms with Crippen LogP contribution < -0.4 is 10.1 Å². The lowest BCUT2D eigenvalue weighted by atomic mass is 10.0. The number of benzene rings is 3. The Hall–Kier alpha value is -3.34. The number of carbonyl (C=O) groups is 1. The first-order valence-electron chi connectivity index (χ1n) is 12.6. The molecule has 0 bridgehead atoms. The molecule has 1 aliphatic carbocycles. The van der Waals surface area contributed by atoms with Crippen molar-refractivity contribution in [3.63, 3.8) is 0 Å². The van der Waals surface area contributed by atoms with Crippen LogP contribution in [0, 0.1) is 26.6 Å². The molecule has 35 heavy (non-hydrogen) atoms. The van der Waals surface area contributed by atoms with Crippen LogP contribution in [0.15, 0.2) is 60.7 Å². The van der Waals surface area contributed by atoms with Crippen molar-refractivity contribution in [3.05, 3.63) is 88.7 Å². The molecular weight excluding hydrogens is 439 g/mol. The molecule has 184 valence electrons. The van der Waals surface area contributed by atoms with Gasteiger partial charge in [0, 0.05) is 24.3 Å². The van der Waals surface area contributed by atoms with E-state index in [0.29, 0.717) is 18.0 Å².